The molecule has 0 radical (unpaired) electrons. The summed E-state index contributed by atoms with van der Waals surface area (Å²) in [5, 5.41) is 13.0. The second-order valence-electron chi connectivity index (χ2n) is 7.58. The van der Waals surface area contributed by atoms with Gasteiger partial charge in [0.15, 0.2) is 0 Å². The number of piperidine rings is 2. The number of fused-ring (bicyclic) bond motifs is 1. The van der Waals surface area contributed by atoms with Crippen molar-refractivity contribution in [1.29, 1.82) is 0 Å². The molecular weight excluding hydrogens is 324 g/mol. The summed E-state index contributed by atoms with van der Waals surface area (Å²) in [5.74, 6) is 0. The number of H-pyrrole nitrogens is 1. The van der Waals surface area contributed by atoms with Crippen LogP contribution in [-0.2, 0) is 0 Å². The van der Waals surface area contributed by atoms with Gasteiger partial charge in [-0.3, -0.25) is 0 Å². The van der Waals surface area contributed by atoms with Crippen LogP contribution in [0.2, 0.25) is 0 Å². The molecule has 5 rings (SSSR count). The van der Waals surface area contributed by atoms with Crippen LogP contribution in [0.5, 0.6) is 0 Å². The fourth-order valence-electron chi connectivity index (χ4n) is 4.70. The van der Waals surface area contributed by atoms with E-state index in [0.717, 1.165) is 36.4 Å². The summed E-state index contributed by atoms with van der Waals surface area (Å²) >= 11 is 0. The Balaban J connectivity index is 1.57. The molecule has 26 heavy (non-hydrogen) atoms. The molecule has 3 aromatic rings. The number of aromatic amines is 1. The van der Waals surface area contributed by atoms with E-state index < -0.39 is 0 Å². The van der Waals surface area contributed by atoms with Crippen LogP contribution in [0, 0.1) is 0 Å². The summed E-state index contributed by atoms with van der Waals surface area (Å²) in [6.45, 7) is 3.32. The predicted molar refractivity (Wildman–Crippen MR) is 103 cm³/mol. The smallest absolute Gasteiger partial charge is 0.139 e. The molecule has 2 saturated heterocycles. The van der Waals surface area contributed by atoms with Crippen molar-refractivity contribution in [2.24, 2.45) is 0 Å². The number of nitrogens with one attached hydrogen (secondary N) is 2. The van der Waals surface area contributed by atoms with Crippen LogP contribution in [0.1, 0.15) is 32.1 Å². The number of hydrogen-bond acceptors (Lipinski definition) is 5. The second kappa shape index (κ2) is 6.36. The van der Waals surface area contributed by atoms with Crippen LogP contribution in [0.25, 0.3) is 22.2 Å². The third-order valence-electron chi connectivity index (χ3n) is 5.95. The van der Waals surface area contributed by atoms with Gasteiger partial charge in [-0.05, 0) is 44.4 Å². The molecule has 1 spiro atoms. The number of rotatable bonds is 2. The van der Waals surface area contributed by atoms with Gasteiger partial charge in [-0.2, -0.15) is 10.2 Å². The maximum atomic E-state index is 4.55. The second-order valence-corrected chi connectivity index (χ2v) is 7.58. The van der Waals surface area contributed by atoms with E-state index in [4.69, 9.17) is 0 Å². The summed E-state index contributed by atoms with van der Waals surface area (Å²) in [4.78, 5) is 10.4. The Labute approximate surface area is 153 Å². The SMILES string of the molecule is c1cc(-c2c[nH]c3nccc(N4CCCC5(CCCCN5)C4)c23)cnn1. The molecule has 0 amide bonds. The van der Waals surface area contributed by atoms with E-state index in [-0.39, 0.29) is 5.54 Å². The first kappa shape index (κ1) is 15.8. The van der Waals surface area contributed by atoms with Crippen molar-refractivity contribution >= 4 is 16.7 Å². The molecule has 2 aliphatic rings. The maximum Gasteiger partial charge on any atom is 0.139 e. The van der Waals surface area contributed by atoms with Gasteiger partial charge in [-0.15, -0.1) is 0 Å². The van der Waals surface area contributed by atoms with E-state index in [1.807, 2.05) is 24.7 Å². The molecule has 0 aliphatic carbocycles. The molecule has 1 atom stereocenters. The van der Waals surface area contributed by atoms with E-state index in [2.05, 4.69) is 36.4 Å². The van der Waals surface area contributed by atoms with Gasteiger partial charge in [0, 0.05) is 53.2 Å². The monoisotopic (exact) mass is 348 g/mol. The largest absolute Gasteiger partial charge is 0.369 e. The first-order chi connectivity index (χ1) is 12.8. The summed E-state index contributed by atoms with van der Waals surface area (Å²) in [6.07, 6.45) is 14.0. The first-order valence-corrected chi connectivity index (χ1v) is 9.58. The van der Waals surface area contributed by atoms with Gasteiger partial charge in [0.25, 0.3) is 0 Å². The van der Waals surface area contributed by atoms with Gasteiger partial charge < -0.3 is 15.2 Å². The summed E-state index contributed by atoms with van der Waals surface area (Å²) in [6, 6.07) is 4.17. The molecule has 0 bridgehead atoms. The highest BCUT2D eigenvalue weighted by atomic mass is 15.2. The number of hydrogen-bond donors (Lipinski definition) is 2. The summed E-state index contributed by atoms with van der Waals surface area (Å²) in [7, 11) is 0. The Morgan fingerprint density at radius 2 is 2.00 bits per heavy atom. The Morgan fingerprint density at radius 1 is 1.04 bits per heavy atom. The van der Waals surface area contributed by atoms with Crippen molar-refractivity contribution in [1.82, 2.24) is 25.5 Å². The zero-order chi connectivity index (χ0) is 17.4. The molecule has 2 N–H and O–H groups in total. The lowest BCUT2D eigenvalue weighted by atomic mass is 9.81. The molecular formula is C20H24N6. The number of nitrogens with zero attached hydrogens (tertiary/aromatic N) is 4. The van der Waals surface area contributed by atoms with Crippen LogP contribution < -0.4 is 10.2 Å². The van der Waals surface area contributed by atoms with E-state index in [1.165, 1.54) is 43.2 Å². The molecule has 6 nitrogen and oxygen atoms in total. The molecule has 2 aliphatic heterocycles. The lowest BCUT2D eigenvalue weighted by Gasteiger charge is -2.47. The quantitative estimate of drug-likeness (QED) is 0.745. The molecule has 1 unspecified atom stereocenters. The van der Waals surface area contributed by atoms with Gasteiger partial charge >= 0.3 is 0 Å². The normalized spacial score (nSPS) is 23.6. The Kier molecular flexibility index (Phi) is 3.85. The minimum absolute atomic E-state index is 0.279. The van der Waals surface area contributed by atoms with Crippen LogP contribution in [-0.4, -0.2) is 45.3 Å². The Morgan fingerprint density at radius 3 is 2.85 bits per heavy atom. The topological polar surface area (TPSA) is 69.7 Å². The highest BCUT2D eigenvalue weighted by Gasteiger charge is 2.36. The van der Waals surface area contributed by atoms with Crippen molar-refractivity contribution in [2.75, 3.05) is 24.5 Å². The minimum Gasteiger partial charge on any atom is -0.369 e. The fraction of sp³-hybridized carbons (Fsp3) is 0.450. The first-order valence-electron chi connectivity index (χ1n) is 9.58. The van der Waals surface area contributed by atoms with Gasteiger partial charge in [0.2, 0.25) is 0 Å². The maximum absolute atomic E-state index is 4.55. The molecule has 6 heteroatoms. The zero-order valence-electron chi connectivity index (χ0n) is 14.9. The van der Waals surface area contributed by atoms with E-state index in [1.54, 1.807) is 6.20 Å². The molecule has 0 saturated carbocycles. The van der Waals surface area contributed by atoms with Crippen molar-refractivity contribution in [3.05, 3.63) is 36.9 Å². The number of anilines is 1. The van der Waals surface area contributed by atoms with Gasteiger partial charge in [0.05, 0.1) is 12.4 Å². The highest BCUT2D eigenvalue weighted by Crippen LogP contribution is 2.38. The third-order valence-corrected chi connectivity index (χ3v) is 5.95. The van der Waals surface area contributed by atoms with E-state index in [9.17, 15) is 0 Å². The summed E-state index contributed by atoms with van der Waals surface area (Å²) in [5.41, 5.74) is 4.71. The van der Waals surface area contributed by atoms with Crippen molar-refractivity contribution in [3.8, 4) is 11.1 Å². The molecule has 0 aromatic carbocycles. The molecule has 3 aromatic heterocycles. The van der Waals surface area contributed by atoms with E-state index in [0.29, 0.717) is 0 Å². The van der Waals surface area contributed by atoms with Gasteiger partial charge in [0.1, 0.15) is 5.65 Å². The van der Waals surface area contributed by atoms with Crippen molar-refractivity contribution in [2.45, 2.75) is 37.6 Å². The molecule has 5 heterocycles. The highest BCUT2D eigenvalue weighted by molar-refractivity contribution is 6.02. The van der Waals surface area contributed by atoms with Crippen LogP contribution in [0.15, 0.2) is 36.9 Å². The number of pyridine rings is 1. The van der Waals surface area contributed by atoms with Gasteiger partial charge in [-0.1, -0.05) is 6.42 Å². The minimum atomic E-state index is 0.279. The lowest BCUT2D eigenvalue weighted by molar-refractivity contribution is 0.216. The standard InChI is InChI=1S/C20H24N6/c1-2-8-23-20(6-1)7-3-11-26(14-20)17-5-9-21-19-18(17)16(13-22-19)15-4-10-24-25-12-15/h4-5,9-10,12-13,23H,1-3,6-8,11,14H2,(H,21,22). The Hall–Kier alpha value is -2.47. The average Bonchev–Trinajstić information content (AvgIpc) is 3.14. The van der Waals surface area contributed by atoms with Gasteiger partial charge in [-0.25, -0.2) is 4.98 Å². The fourth-order valence-corrected chi connectivity index (χ4v) is 4.70. The zero-order valence-corrected chi connectivity index (χ0v) is 14.9. The van der Waals surface area contributed by atoms with E-state index >= 15 is 0 Å². The van der Waals surface area contributed by atoms with Crippen LogP contribution in [0.4, 0.5) is 5.69 Å². The summed E-state index contributed by atoms with van der Waals surface area (Å²) < 4.78 is 0. The third kappa shape index (κ3) is 2.65. The average molecular weight is 348 g/mol. The van der Waals surface area contributed by atoms with Crippen LogP contribution >= 0.6 is 0 Å². The number of aromatic nitrogens is 4. The van der Waals surface area contributed by atoms with Crippen molar-refractivity contribution < 1.29 is 0 Å². The lowest BCUT2D eigenvalue weighted by Crippen LogP contribution is -2.59. The Bertz CT molecular complexity index is 892. The molecule has 134 valence electrons. The van der Waals surface area contributed by atoms with Crippen molar-refractivity contribution in [3.63, 3.8) is 0 Å². The van der Waals surface area contributed by atoms with Crippen LogP contribution in [0.3, 0.4) is 0 Å². The molecule has 2 fully saturated rings. The predicted octanol–water partition coefficient (Wildman–Crippen LogP) is 3.13.